The van der Waals surface area contributed by atoms with Crippen LogP contribution < -0.4 is 10.6 Å². The maximum Gasteiger partial charge on any atom is 0.416 e. The van der Waals surface area contributed by atoms with E-state index in [9.17, 15) is 23.1 Å². The molecule has 0 aliphatic carbocycles. The smallest absolute Gasteiger partial charge is 0.379 e. The summed E-state index contributed by atoms with van der Waals surface area (Å²) in [7, 11) is 0. The topological polar surface area (TPSA) is 90.0 Å². The number of hydrogen-bond acceptors (Lipinski definition) is 4. The molecule has 1 unspecified atom stereocenters. The minimum atomic E-state index is -4.39. The molecule has 4 N–H and O–H groups in total. The van der Waals surface area contributed by atoms with E-state index in [-0.39, 0.29) is 12.3 Å². The Bertz CT molecular complexity index is 688. The third-order valence-corrected chi connectivity index (χ3v) is 3.96. The van der Waals surface area contributed by atoms with Crippen molar-refractivity contribution in [3.05, 3.63) is 48.0 Å². The van der Waals surface area contributed by atoms with Crippen LogP contribution in [0.15, 0.2) is 36.8 Å². The highest BCUT2D eigenvalue weighted by atomic mass is 19.4. The Morgan fingerprint density at radius 1 is 1.22 bits per heavy atom. The lowest BCUT2D eigenvalue weighted by Crippen LogP contribution is -2.30. The molecule has 0 saturated carbocycles. The van der Waals surface area contributed by atoms with Crippen LogP contribution in [-0.4, -0.2) is 33.8 Å². The zero-order chi connectivity index (χ0) is 19.7. The lowest BCUT2D eigenvalue weighted by Gasteiger charge is -2.12. The fourth-order valence-electron chi connectivity index (χ4n) is 2.49. The second-order valence-corrected chi connectivity index (χ2v) is 6.17. The van der Waals surface area contributed by atoms with Gasteiger partial charge in [0.15, 0.2) is 0 Å². The Morgan fingerprint density at radius 2 is 1.96 bits per heavy atom. The van der Waals surface area contributed by atoms with Crippen LogP contribution in [0.4, 0.5) is 18.9 Å². The van der Waals surface area contributed by atoms with E-state index < -0.39 is 18.0 Å². The summed E-state index contributed by atoms with van der Waals surface area (Å²) in [5, 5.41) is 15.4. The first kappa shape index (κ1) is 20.9. The third-order valence-electron chi connectivity index (χ3n) is 3.96. The van der Waals surface area contributed by atoms with E-state index >= 15 is 0 Å². The summed E-state index contributed by atoms with van der Waals surface area (Å²) < 4.78 is 37.5. The number of imidazole rings is 1. The van der Waals surface area contributed by atoms with Gasteiger partial charge in [0.25, 0.3) is 0 Å². The van der Waals surface area contributed by atoms with Gasteiger partial charge in [-0.3, -0.25) is 10.1 Å². The summed E-state index contributed by atoms with van der Waals surface area (Å²) in [6.45, 7) is 0.609. The number of carbonyl (C=O) groups is 1. The lowest BCUT2D eigenvalue weighted by molar-refractivity contribution is -0.137. The van der Waals surface area contributed by atoms with E-state index in [1.807, 2.05) is 0 Å². The summed E-state index contributed by atoms with van der Waals surface area (Å²) in [4.78, 5) is 18.7. The molecule has 1 aromatic heterocycles. The molecular formula is C18H23F3N4O2. The molecule has 1 atom stereocenters. The average molecular weight is 384 g/mol. The van der Waals surface area contributed by atoms with Crippen LogP contribution in [0.3, 0.4) is 0 Å². The van der Waals surface area contributed by atoms with E-state index in [1.54, 1.807) is 12.5 Å². The molecule has 27 heavy (non-hydrogen) atoms. The first-order valence-corrected chi connectivity index (χ1v) is 8.70. The van der Waals surface area contributed by atoms with Gasteiger partial charge in [0.1, 0.15) is 6.23 Å². The molecule has 2 rings (SSSR count). The summed E-state index contributed by atoms with van der Waals surface area (Å²) in [5.41, 5.74) is 0.553. The fraction of sp³-hybridized carbons (Fsp3) is 0.444. The quantitative estimate of drug-likeness (QED) is 0.374. The number of hydrogen-bond donors (Lipinski definition) is 4. The lowest BCUT2D eigenvalue weighted by atomic mass is 10.1. The molecule has 1 heterocycles. The predicted molar refractivity (Wildman–Crippen MR) is 94.8 cm³/mol. The second kappa shape index (κ2) is 10.1. The molecule has 1 aromatic carbocycles. The Morgan fingerprint density at radius 3 is 2.59 bits per heavy atom. The van der Waals surface area contributed by atoms with Crippen molar-refractivity contribution >= 4 is 11.6 Å². The SMILES string of the molecule is O=C(CCCCC(O)NCCc1cnc[nH]1)Nc1ccc(C(F)(F)F)cc1. The zero-order valence-electron chi connectivity index (χ0n) is 14.7. The molecule has 2 aromatic rings. The number of amides is 1. The fourth-order valence-corrected chi connectivity index (χ4v) is 2.49. The number of unbranched alkanes of at least 4 members (excludes halogenated alkanes) is 1. The first-order chi connectivity index (χ1) is 12.8. The number of aromatic amines is 1. The van der Waals surface area contributed by atoms with Gasteiger partial charge in [0, 0.05) is 37.0 Å². The number of halogens is 3. The number of nitrogens with one attached hydrogen (secondary N) is 3. The zero-order valence-corrected chi connectivity index (χ0v) is 14.7. The molecule has 0 aliphatic rings. The van der Waals surface area contributed by atoms with Crippen molar-refractivity contribution in [1.82, 2.24) is 15.3 Å². The van der Waals surface area contributed by atoms with Crippen molar-refractivity contribution in [2.75, 3.05) is 11.9 Å². The van der Waals surface area contributed by atoms with Crippen LogP contribution in [0.5, 0.6) is 0 Å². The summed E-state index contributed by atoms with van der Waals surface area (Å²) in [6.07, 6.45) is 0.988. The highest BCUT2D eigenvalue weighted by Crippen LogP contribution is 2.29. The van der Waals surface area contributed by atoms with Crippen LogP contribution in [0.1, 0.15) is 36.9 Å². The monoisotopic (exact) mass is 384 g/mol. The number of anilines is 1. The van der Waals surface area contributed by atoms with Gasteiger partial charge in [0.2, 0.25) is 5.91 Å². The van der Waals surface area contributed by atoms with E-state index in [1.165, 1.54) is 12.1 Å². The van der Waals surface area contributed by atoms with Gasteiger partial charge < -0.3 is 15.4 Å². The number of rotatable bonds is 10. The standard InChI is InChI=1S/C18H23F3N4O2/c19-18(20,21)13-5-7-14(8-6-13)25-17(27)4-2-1-3-16(26)23-10-9-15-11-22-12-24-15/h5-8,11-12,16,23,26H,1-4,9-10H2,(H,22,24)(H,25,27). The number of aliphatic hydroxyl groups is 1. The van der Waals surface area contributed by atoms with Crippen molar-refractivity contribution in [1.29, 1.82) is 0 Å². The molecule has 0 radical (unpaired) electrons. The highest BCUT2D eigenvalue weighted by molar-refractivity contribution is 5.90. The Labute approximate surface area is 155 Å². The maximum absolute atomic E-state index is 12.5. The number of aliphatic hydroxyl groups excluding tert-OH is 1. The van der Waals surface area contributed by atoms with Crippen LogP contribution in [-0.2, 0) is 17.4 Å². The minimum Gasteiger partial charge on any atom is -0.379 e. The van der Waals surface area contributed by atoms with Gasteiger partial charge in [-0.05, 0) is 43.5 Å². The summed E-state index contributed by atoms with van der Waals surface area (Å²) in [6, 6.07) is 4.32. The molecule has 0 saturated heterocycles. The van der Waals surface area contributed by atoms with Gasteiger partial charge in [-0.1, -0.05) is 0 Å². The van der Waals surface area contributed by atoms with Gasteiger partial charge in [-0.2, -0.15) is 13.2 Å². The maximum atomic E-state index is 12.5. The van der Waals surface area contributed by atoms with E-state index in [4.69, 9.17) is 0 Å². The van der Waals surface area contributed by atoms with Crippen molar-refractivity contribution in [2.45, 2.75) is 44.5 Å². The second-order valence-electron chi connectivity index (χ2n) is 6.17. The number of aromatic nitrogens is 2. The Balaban J connectivity index is 1.57. The predicted octanol–water partition coefficient (Wildman–Crippen LogP) is 3.08. The van der Waals surface area contributed by atoms with Crippen LogP contribution in [0, 0.1) is 0 Å². The van der Waals surface area contributed by atoms with E-state index in [2.05, 4.69) is 20.6 Å². The van der Waals surface area contributed by atoms with Crippen molar-refractivity contribution < 1.29 is 23.1 Å². The van der Waals surface area contributed by atoms with Gasteiger partial charge in [0.05, 0.1) is 11.9 Å². The Hall–Kier alpha value is -2.39. The Kier molecular flexibility index (Phi) is 7.81. The number of nitrogens with zero attached hydrogens (tertiary/aromatic N) is 1. The van der Waals surface area contributed by atoms with Crippen molar-refractivity contribution in [2.24, 2.45) is 0 Å². The number of carbonyl (C=O) groups excluding carboxylic acids is 1. The van der Waals surface area contributed by atoms with Crippen LogP contribution in [0.25, 0.3) is 0 Å². The molecular weight excluding hydrogens is 361 g/mol. The number of H-pyrrole nitrogens is 1. The molecule has 0 bridgehead atoms. The normalized spacial score (nSPS) is 12.7. The summed E-state index contributed by atoms with van der Waals surface area (Å²) >= 11 is 0. The molecule has 0 spiro atoms. The first-order valence-electron chi connectivity index (χ1n) is 8.70. The van der Waals surface area contributed by atoms with Crippen molar-refractivity contribution in [3.63, 3.8) is 0 Å². The number of alkyl halides is 3. The minimum absolute atomic E-state index is 0.238. The average Bonchev–Trinajstić information content (AvgIpc) is 3.12. The molecule has 1 amide bonds. The van der Waals surface area contributed by atoms with Crippen LogP contribution >= 0.6 is 0 Å². The molecule has 0 fully saturated rings. The molecule has 148 valence electrons. The highest BCUT2D eigenvalue weighted by Gasteiger charge is 2.29. The van der Waals surface area contributed by atoms with Gasteiger partial charge in [-0.15, -0.1) is 0 Å². The molecule has 0 aliphatic heterocycles. The van der Waals surface area contributed by atoms with E-state index in [0.717, 1.165) is 24.2 Å². The van der Waals surface area contributed by atoms with Crippen LogP contribution in [0.2, 0.25) is 0 Å². The van der Waals surface area contributed by atoms with E-state index in [0.29, 0.717) is 31.5 Å². The van der Waals surface area contributed by atoms with Gasteiger partial charge >= 0.3 is 6.18 Å². The third kappa shape index (κ3) is 7.79. The molecule has 9 heteroatoms. The largest absolute Gasteiger partial charge is 0.416 e. The molecule has 6 nitrogen and oxygen atoms in total. The van der Waals surface area contributed by atoms with Gasteiger partial charge in [-0.25, -0.2) is 4.98 Å². The summed E-state index contributed by atoms with van der Waals surface area (Å²) in [5.74, 6) is -0.267. The van der Waals surface area contributed by atoms with Crippen molar-refractivity contribution in [3.8, 4) is 0 Å². The number of benzene rings is 1.